The molecule has 0 saturated carbocycles. The summed E-state index contributed by atoms with van der Waals surface area (Å²) < 4.78 is 223. The number of phosphoric ester groups is 3. The molecule has 64 heteroatoms. The van der Waals surface area contributed by atoms with Crippen molar-refractivity contribution in [2.24, 2.45) is 17.6 Å². The second-order valence-corrected chi connectivity index (χ2v) is 39.0. The quantitative estimate of drug-likeness (QED) is 0.00960. The van der Waals surface area contributed by atoms with Gasteiger partial charge in [-0.25, -0.2) is 107 Å². The molecule has 3 fully saturated rings. The number of esters is 2. The number of amides is 1. The number of halogens is 4. The first kappa shape index (κ1) is 126. The Labute approximate surface area is 828 Å². The lowest BCUT2D eigenvalue weighted by molar-refractivity contribution is -0.179. The van der Waals surface area contributed by atoms with E-state index in [1.807, 2.05) is 15.0 Å². The Hall–Kier alpha value is -10.8. The standard InChI is InChI=1S/C34H47FN3O18P.C26H41FN3O16P.C21H32FN2O15P.ClH/c1-20(2)25(37-30(42)47-15-23-11-9-8-10-12-23)26(40)55-27-33(7,45)28(38-14-13-24(39)36-29(38)41)56-34(27,16-35)17-50-57(46,51-18-48-31(43)53-21(3)4)52-19-49-32(44)54-22(5)6;1-14(2)18(28)19(32)45-20-25(7,36)21(30-9-8-17(31)29-22(30)33)46-26(20,10-27)11-40-47(37,41-12-38-23(34)43-15(3)4)42-13-39-24(35)44-16(5)6;1-12(2)37-18(28)32-10-35-40(31,36-11-33-19(29)38-13(3)4)34-9-21(8-22)15(26)20(5,30)16(39-21)24-7-6-14(25)23-17(24)27;/h8-14,20-22,25,27-28,45H,15-19H2,1-7H3,(H,37,42)(H,36,39,41);8-9,14-16,18,20-21,36H,10-13,28H2,1-7H3,(H,29,31,33);6-7,12-13,15-16,26,30H,8-11H2,1-5H3,(H,23,25,27);1H/t25?,27-,28+,33+,34+;18?,20-,21+,25+,26+;15-,16?,20+,21+;/m000./s1. The van der Waals surface area contributed by atoms with Crippen LogP contribution >= 0.6 is 35.9 Å². The number of aliphatic hydroxyl groups is 4. The number of benzene rings is 1. The number of aromatic nitrogens is 6. The topological polar surface area (TPSA) is 738 Å². The van der Waals surface area contributed by atoms with Gasteiger partial charge in [0, 0.05) is 36.8 Å². The number of phosphoric acid groups is 3. The van der Waals surface area contributed by atoms with Crippen molar-refractivity contribution in [2.45, 2.75) is 257 Å². The molecule has 0 radical (unpaired) electrons. The van der Waals surface area contributed by atoms with E-state index in [1.165, 1.54) is 96.9 Å². The number of nitrogens with zero attached hydrogens (tertiary/aromatic N) is 3. The molecule has 10 N–H and O–H groups in total. The maximum atomic E-state index is 15.5. The van der Waals surface area contributed by atoms with Gasteiger partial charge in [-0.1, -0.05) is 58.0 Å². The number of ether oxygens (including phenoxy) is 18. The number of nitrogens with two attached hydrogens (primary N) is 1. The van der Waals surface area contributed by atoms with Gasteiger partial charge in [0.15, 0.2) is 47.7 Å². The molecule has 3 aliphatic rings. The molecule has 822 valence electrons. The molecule has 3 saturated heterocycles. The summed E-state index contributed by atoms with van der Waals surface area (Å²) in [6, 6.07) is 8.57. The van der Waals surface area contributed by atoms with Gasteiger partial charge in [0.05, 0.1) is 56.4 Å². The van der Waals surface area contributed by atoms with Crippen LogP contribution in [-0.4, -0.2) is 285 Å². The highest BCUT2D eigenvalue weighted by atomic mass is 35.5. The summed E-state index contributed by atoms with van der Waals surface area (Å²) in [4.78, 5) is 188. The van der Waals surface area contributed by atoms with Crippen LogP contribution in [0, 0.1) is 11.8 Å². The van der Waals surface area contributed by atoms with E-state index in [4.69, 9.17) is 113 Å². The number of carbonyl (C=O) groups is 9. The zero-order valence-corrected chi connectivity index (χ0v) is 85.2. The SMILES string of the molecule is CC(C)OC(=O)OCOP(=O)(OCOC(=O)OC(C)C)OC[C@@]1(CF)OC(n2ccc(=O)[nH]c2=O)[C@](C)(O)[C@@H]1O.CC(C)OC(=O)OCOP(=O)(OCOC(=O)OC(C)C)OC[C@@]1(CF)O[C@@H](n2ccc(=O)[nH]c2=O)[C@](C)(O)[C@@H]1OC(=O)C(N)C(C)C.CC(C)OC(=O)OCOP(=O)(OCOC(=O)OC(C)C)OC[C@@]1(CF)O[C@@H](n2ccc(=O)[nH]c2=O)[C@](C)(O)[C@@H]1OC(=O)C(NC(=O)OCc1ccccc1)C(C)C.Cl. The molecular formula is C81H121ClF3N8O49P3. The molecule has 3 aliphatic heterocycles. The zero-order valence-electron chi connectivity index (χ0n) is 81.7. The van der Waals surface area contributed by atoms with E-state index in [1.54, 1.807) is 44.2 Å². The van der Waals surface area contributed by atoms with Gasteiger partial charge in [0.1, 0.15) is 61.6 Å². The lowest BCUT2D eigenvalue weighted by atomic mass is 9.88. The Morgan fingerprint density at radius 3 is 0.938 bits per heavy atom. The third-order valence-corrected chi connectivity index (χ3v) is 23.0. The van der Waals surface area contributed by atoms with Crippen molar-refractivity contribution in [3.63, 3.8) is 0 Å². The van der Waals surface area contributed by atoms with Crippen LogP contribution in [0.25, 0.3) is 0 Å². The minimum absolute atomic E-state index is 0. The number of hydrogen-bond acceptors (Lipinski definition) is 50. The number of alkyl halides is 3. The lowest BCUT2D eigenvalue weighted by Crippen LogP contribution is -2.57. The number of aromatic amines is 3. The summed E-state index contributed by atoms with van der Waals surface area (Å²) >= 11 is 0. The molecule has 4 aromatic rings. The summed E-state index contributed by atoms with van der Waals surface area (Å²) in [5.74, 6) is -3.52. The highest BCUT2D eigenvalue weighted by Gasteiger charge is 2.68. The maximum absolute atomic E-state index is 15.5. The average molecular weight is 2180 g/mol. The van der Waals surface area contributed by atoms with Gasteiger partial charge in [0.25, 0.3) is 16.7 Å². The summed E-state index contributed by atoms with van der Waals surface area (Å²) in [7, 11) is -15.1. The number of alkyl carbamates (subject to hydrolysis) is 1. The second-order valence-electron chi connectivity index (χ2n) is 34.0. The number of H-pyrrole nitrogens is 3. The van der Waals surface area contributed by atoms with E-state index in [0.29, 0.717) is 19.3 Å². The summed E-state index contributed by atoms with van der Waals surface area (Å²) in [6.45, 7) is 12.2. The van der Waals surface area contributed by atoms with Crippen LogP contribution in [-0.2, 0) is 156 Å². The van der Waals surface area contributed by atoms with Crippen molar-refractivity contribution in [1.82, 2.24) is 34.0 Å². The number of rotatable bonds is 48. The Morgan fingerprint density at radius 1 is 0.407 bits per heavy atom. The molecule has 3 unspecified atom stereocenters. The fourth-order valence-corrected chi connectivity index (χ4v) is 15.3. The molecule has 6 heterocycles. The second kappa shape index (κ2) is 56.4. The molecular weight excluding hydrogens is 2050 g/mol. The van der Waals surface area contributed by atoms with Crippen LogP contribution in [0.3, 0.4) is 0 Å². The van der Waals surface area contributed by atoms with Gasteiger partial charge in [-0.15, -0.1) is 12.4 Å². The third-order valence-electron chi connectivity index (χ3n) is 19.2. The van der Waals surface area contributed by atoms with Crippen molar-refractivity contribution >= 4 is 90.8 Å². The Bertz CT molecular complexity index is 5360. The van der Waals surface area contributed by atoms with Crippen LogP contribution in [0.15, 0.2) is 95.9 Å². The predicted molar refractivity (Wildman–Crippen MR) is 479 cm³/mol. The normalized spacial score (nSPS) is 22.8. The van der Waals surface area contributed by atoms with Crippen molar-refractivity contribution < 1.29 is 216 Å². The van der Waals surface area contributed by atoms with Gasteiger partial charge in [-0.05, 0) is 121 Å². The first-order valence-corrected chi connectivity index (χ1v) is 47.7. The Balaban J connectivity index is 0.000000459. The molecule has 145 heavy (non-hydrogen) atoms. The molecule has 7 rings (SSSR count). The summed E-state index contributed by atoms with van der Waals surface area (Å²) in [5, 5.41) is 47.5. The van der Waals surface area contributed by atoms with Crippen LogP contribution in [0.1, 0.15) is 156 Å². The third kappa shape index (κ3) is 37.8. The molecule has 0 aliphatic carbocycles. The van der Waals surface area contributed by atoms with Crippen LogP contribution in [0.4, 0.5) is 46.7 Å². The van der Waals surface area contributed by atoms with Gasteiger partial charge in [0.2, 0.25) is 40.8 Å². The van der Waals surface area contributed by atoms with E-state index in [2.05, 4.69) is 24.3 Å². The minimum Gasteiger partial charge on any atom is -0.455 e. The molecule has 1 amide bonds. The Kier molecular flexibility index (Phi) is 49.2. The first-order chi connectivity index (χ1) is 67.0. The van der Waals surface area contributed by atoms with Gasteiger partial charge in [-0.2, -0.15) is 0 Å². The van der Waals surface area contributed by atoms with Gasteiger partial charge >= 0.3 is 95.5 Å². The number of carbonyl (C=O) groups excluding carboxylic acids is 9. The molecule has 0 spiro atoms. The molecule has 1 aromatic carbocycles. The summed E-state index contributed by atoms with van der Waals surface area (Å²) in [5.41, 5.74) is -14.2. The smallest absolute Gasteiger partial charge is 0.455 e. The fraction of sp³-hybridized carbons (Fsp3) is 0.667. The van der Waals surface area contributed by atoms with E-state index < -0.39 is 324 Å². The zero-order chi connectivity index (χ0) is 109. The maximum Gasteiger partial charge on any atom is 0.510 e. The van der Waals surface area contributed by atoms with Gasteiger partial charge < -0.3 is 117 Å². The van der Waals surface area contributed by atoms with Crippen LogP contribution in [0.5, 0.6) is 0 Å². The highest BCUT2D eigenvalue weighted by molar-refractivity contribution is 7.49. The molecule has 0 bridgehead atoms. The minimum atomic E-state index is -5.13. The molecule has 57 nitrogen and oxygen atoms in total. The van der Waals surface area contributed by atoms with E-state index in [-0.39, 0.29) is 19.0 Å². The lowest BCUT2D eigenvalue weighted by Gasteiger charge is -2.36. The summed E-state index contributed by atoms with van der Waals surface area (Å²) in [6.07, 6.45) is -21.1. The van der Waals surface area contributed by atoms with Crippen molar-refractivity contribution in [1.29, 1.82) is 0 Å². The highest BCUT2D eigenvalue weighted by Crippen LogP contribution is 2.57. The number of nitrogens with one attached hydrogen (secondary N) is 4. The van der Waals surface area contributed by atoms with Crippen LogP contribution < -0.4 is 44.8 Å². The van der Waals surface area contributed by atoms with Gasteiger partial charge in [-0.3, -0.25) is 61.4 Å². The first-order valence-electron chi connectivity index (χ1n) is 43.3. The monoisotopic (exact) mass is 2170 g/mol. The van der Waals surface area contributed by atoms with E-state index in [0.717, 1.165) is 57.6 Å². The van der Waals surface area contributed by atoms with Crippen LogP contribution in [0.2, 0.25) is 0 Å². The largest absolute Gasteiger partial charge is 0.510 e. The van der Waals surface area contributed by atoms with Crippen molar-refractivity contribution in [3.05, 3.63) is 135 Å². The average Bonchev–Trinajstić information content (AvgIpc) is 1.57. The van der Waals surface area contributed by atoms with E-state index in [9.17, 15) is 110 Å². The fourth-order valence-electron chi connectivity index (χ4n) is 12.4. The van der Waals surface area contributed by atoms with Crippen molar-refractivity contribution in [3.8, 4) is 0 Å². The van der Waals surface area contributed by atoms with E-state index >= 15 is 8.78 Å². The number of hydrogen-bond donors (Lipinski definition) is 9. The van der Waals surface area contributed by atoms with Crippen molar-refractivity contribution in [2.75, 3.05) is 80.6 Å². The molecule has 14 atom stereocenters. The predicted octanol–water partition coefficient (Wildman–Crippen LogP) is 6.70. The molecule has 3 aromatic heterocycles. The Morgan fingerprint density at radius 2 is 0.676 bits per heavy atom. The number of aliphatic hydroxyl groups excluding tert-OH is 1.